The maximum Gasteiger partial charge on any atom is 0.0438 e. The van der Waals surface area contributed by atoms with E-state index in [-0.39, 0.29) is 0 Å². The Balaban J connectivity index is 2.92. The summed E-state index contributed by atoms with van der Waals surface area (Å²) in [6, 6.07) is 0. The van der Waals surface area contributed by atoms with Crippen LogP contribution in [0, 0.1) is 0 Å². The molecule has 0 aliphatic heterocycles. The van der Waals surface area contributed by atoms with Gasteiger partial charge in [-0.25, -0.2) is 0 Å². The second-order valence-electron chi connectivity index (χ2n) is 3.94. The monoisotopic (exact) mass is 236 g/mol. The highest BCUT2D eigenvalue weighted by atomic mass is 32.2. The summed E-state index contributed by atoms with van der Waals surface area (Å²) in [5.74, 6) is 4.93. The van der Waals surface area contributed by atoms with Gasteiger partial charge < -0.3 is 9.80 Å². The summed E-state index contributed by atoms with van der Waals surface area (Å²) < 4.78 is 0. The number of nitrogens with zero attached hydrogens (tertiary/aromatic N) is 2. The number of rotatable bonds is 9. The molecule has 0 aromatic carbocycles. The molecule has 0 rings (SSSR count). The Hall–Kier alpha value is 0.620. The van der Waals surface area contributed by atoms with E-state index in [1.165, 1.54) is 24.3 Å². The van der Waals surface area contributed by atoms with Gasteiger partial charge in [0.1, 0.15) is 0 Å². The van der Waals surface area contributed by atoms with Crippen LogP contribution in [-0.2, 0) is 0 Å². The first-order chi connectivity index (χ1) is 6.63. The van der Waals surface area contributed by atoms with Crippen LogP contribution in [0.4, 0.5) is 0 Å². The van der Waals surface area contributed by atoms with Crippen LogP contribution in [0.2, 0.25) is 0 Å². The van der Waals surface area contributed by atoms with E-state index in [1.807, 2.05) is 23.5 Å². The normalized spacial score (nSPS) is 11.6. The van der Waals surface area contributed by atoms with Gasteiger partial charge in [0.15, 0.2) is 0 Å². The maximum absolute atomic E-state index is 2.23. The van der Waals surface area contributed by atoms with Crippen molar-refractivity contribution in [1.82, 2.24) is 9.80 Å². The smallest absolute Gasteiger partial charge is 0.0438 e. The van der Waals surface area contributed by atoms with Crippen molar-refractivity contribution < 1.29 is 0 Å². The van der Waals surface area contributed by atoms with Gasteiger partial charge in [-0.2, -0.15) is 0 Å². The number of unbranched alkanes of at least 4 members (excludes halogenated alkanes) is 1. The molecule has 86 valence electrons. The second kappa shape index (κ2) is 10.1. The van der Waals surface area contributed by atoms with Crippen LogP contribution in [0.5, 0.6) is 0 Å². The SMILES string of the molecule is CN(C)CSCCCCSCN(C)C. The molecule has 14 heavy (non-hydrogen) atoms. The van der Waals surface area contributed by atoms with E-state index in [0.717, 1.165) is 11.8 Å². The van der Waals surface area contributed by atoms with Crippen molar-refractivity contribution in [1.29, 1.82) is 0 Å². The molecule has 0 amide bonds. The molecule has 0 unspecified atom stereocenters. The van der Waals surface area contributed by atoms with Crippen molar-refractivity contribution >= 4 is 23.5 Å². The van der Waals surface area contributed by atoms with Crippen LogP contribution in [0.3, 0.4) is 0 Å². The fourth-order valence-corrected chi connectivity index (χ4v) is 2.71. The summed E-state index contributed by atoms with van der Waals surface area (Å²) in [4.78, 5) is 4.46. The predicted molar refractivity (Wildman–Crippen MR) is 71.3 cm³/mol. The minimum atomic E-state index is 1.16. The average Bonchev–Trinajstić information content (AvgIpc) is 2.08. The quantitative estimate of drug-likeness (QED) is 0.447. The molecule has 0 saturated carbocycles. The molecule has 0 fully saturated rings. The Morgan fingerprint density at radius 3 is 1.36 bits per heavy atom. The van der Waals surface area contributed by atoms with Gasteiger partial charge in [0.05, 0.1) is 0 Å². The lowest BCUT2D eigenvalue weighted by molar-refractivity contribution is 0.485. The third-order valence-electron chi connectivity index (χ3n) is 1.53. The Labute approximate surface area is 97.8 Å². The van der Waals surface area contributed by atoms with E-state index >= 15 is 0 Å². The topological polar surface area (TPSA) is 6.48 Å². The molecule has 0 atom stereocenters. The van der Waals surface area contributed by atoms with Crippen molar-refractivity contribution in [2.24, 2.45) is 0 Å². The van der Waals surface area contributed by atoms with Crippen LogP contribution in [0.15, 0.2) is 0 Å². The van der Waals surface area contributed by atoms with E-state index in [9.17, 15) is 0 Å². The van der Waals surface area contributed by atoms with Crippen LogP contribution in [-0.4, -0.2) is 61.2 Å². The molecule has 0 spiro atoms. The molecule has 4 heteroatoms. The van der Waals surface area contributed by atoms with E-state index < -0.39 is 0 Å². The molecular formula is C10H24N2S2. The molecular weight excluding hydrogens is 212 g/mol. The molecule has 0 aliphatic rings. The van der Waals surface area contributed by atoms with Crippen molar-refractivity contribution in [3.8, 4) is 0 Å². The molecule has 0 saturated heterocycles. The zero-order valence-corrected chi connectivity index (χ0v) is 11.6. The summed E-state index contributed by atoms with van der Waals surface area (Å²) in [7, 11) is 8.50. The Bertz CT molecular complexity index is 105. The minimum Gasteiger partial charge on any atom is -0.300 e. The number of thioether (sulfide) groups is 2. The van der Waals surface area contributed by atoms with Crippen molar-refractivity contribution in [3.63, 3.8) is 0 Å². The van der Waals surface area contributed by atoms with Gasteiger partial charge in [0.25, 0.3) is 0 Å². The highest BCUT2D eigenvalue weighted by Gasteiger charge is 1.93. The van der Waals surface area contributed by atoms with Crippen LogP contribution >= 0.6 is 23.5 Å². The Morgan fingerprint density at radius 1 is 0.714 bits per heavy atom. The van der Waals surface area contributed by atoms with E-state index in [0.29, 0.717) is 0 Å². The highest BCUT2D eigenvalue weighted by molar-refractivity contribution is 7.99. The third-order valence-corrected chi connectivity index (χ3v) is 4.08. The summed E-state index contributed by atoms with van der Waals surface area (Å²) >= 11 is 4.06. The average molecular weight is 236 g/mol. The zero-order chi connectivity index (χ0) is 10.8. The molecule has 0 aromatic heterocycles. The van der Waals surface area contributed by atoms with Gasteiger partial charge in [0.2, 0.25) is 0 Å². The lowest BCUT2D eigenvalue weighted by Crippen LogP contribution is -2.10. The van der Waals surface area contributed by atoms with E-state index in [4.69, 9.17) is 0 Å². The predicted octanol–water partition coefficient (Wildman–Crippen LogP) is 2.27. The molecule has 0 aromatic rings. The van der Waals surface area contributed by atoms with Gasteiger partial charge >= 0.3 is 0 Å². The Kier molecular flexibility index (Phi) is 10.6. The fraction of sp³-hybridized carbons (Fsp3) is 1.00. The number of hydrogen-bond donors (Lipinski definition) is 0. The van der Waals surface area contributed by atoms with Crippen molar-refractivity contribution in [2.45, 2.75) is 12.8 Å². The highest BCUT2D eigenvalue weighted by Crippen LogP contribution is 2.09. The molecule has 0 radical (unpaired) electrons. The minimum absolute atomic E-state index is 1.16. The number of hydrogen-bond acceptors (Lipinski definition) is 4. The first-order valence-corrected chi connectivity index (χ1v) is 7.39. The van der Waals surface area contributed by atoms with Crippen LogP contribution < -0.4 is 0 Å². The standard InChI is InChI=1S/C10H24N2S2/c1-11(2)9-13-7-5-6-8-14-10-12(3)4/h5-10H2,1-4H3. The summed E-state index contributed by atoms with van der Waals surface area (Å²) in [5, 5.41) is 0. The van der Waals surface area contributed by atoms with Gasteiger partial charge in [-0.3, -0.25) is 0 Å². The molecule has 0 heterocycles. The maximum atomic E-state index is 2.23. The first-order valence-electron chi connectivity index (χ1n) is 5.08. The van der Waals surface area contributed by atoms with Gasteiger partial charge in [-0.05, 0) is 52.5 Å². The second-order valence-corrected chi connectivity index (χ2v) is 6.09. The van der Waals surface area contributed by atoms with E-state index in [1.54, 1.807) is 0 Å². The van der Waals surface area contributed by atoms with Gasteiger partial charge in [0, 0.05) is 11.8 Å². The summed E-state index contributed by atoms with van der Waals surface area (Å²) in [6.45, 7) is 0. The van der Waals surface area contributed by atoms with Gasteiger partial charge in [-0.15, -0.1) is 23.5 Å². The third kappa shape index (κ3) is 12.6. The largest absolute Gasteiger partial charge is 0.300 e. The molecule has 0 N–H and O–H groups in total. The first kappa shape index (κ1) is 14.6. The van der Waals surface area contributed by atoms with Crippen LogP contribution in [0.1, 0.15) is 12.8 Å². The summed E-state index contributed by atoms with van der Waals surface area (Å²) in [5.41, 5.74) is 0. The lowest BCUT2D eigenvalue weighted by atomic mass is 10.4. The van der Waals surface area contributed by atoms with Gasteiger partial charge in [-0.1, -0.05) is 0 Å². The van der Waals surface area contributed by atoms with E-state index in [2.05, 4.69) is 38.0 Å². The van der Waals surface area contributed by atoms with Crippen LogP contribution in [0.25, 0.3) is 0 Å². The Morgan fingerprint density at radius 2 is 1.07 bits per heavy atom. The van der Waals surface area contributed by atoms with Crippen molar-refractivity contribution in [3.05, 3.63) is 0 Å². The molecule has 0 aliphatic carbocycles. The summed E-state index contributed by atoms with van der Waals surface area (Å²) in [6.07, 6.45) is 2.72. The lowest BCUT2D eigenvalue weighted by Gasteiger charge is -2.09. The molecule has 2 nitrogen and oxygen atoms in total. The molecule has 0 bridgehead atoms. The van der Waals surface area contributed by atoms with Crippen molar-refractivity contribution in [2.75, 3.05) is 51.4 Å². The fourth-order valence-electron chi connectivity index (χ4n) is 0.902. The zero-order valence-electron chi connectivity index (χ0n) is 9.95.